The van der Waals surface area contributed by atoms with Gasteiger partial charge in [-0.3, -0.25) is 0 Å². The highest BCUT2D eigenvalue weighted by Gasteiger charge is 2.24. The maximum absolute atomic E-state index is 2.51. The lowest BCUT2D eigenvalue weighted by Gasteiger charge is -2.20. The van der Waals surface area contributed by atoms with Crippen molar-refractivity contribution in [3.05, 3.63) is 176 Å². The molecular weight excluding hydrogens is 616 g/mol. The minimum absolute atomic E-state index is 0.795. The Morgan fingerprint density at radius 1 is 0.312 bits per heavy atom. The van der Waals surface area contributed by atoms with E-state index in [1.54, 1.807) is 0 Å². The van der Waals surface area contributed by atoms with Crippen molar-refractivity contribution in [1.82, 2.24) is 0 Å². The molecule has 0 aliphatic heterocycles. The first-order chi connectivity index (χ1) is 23.8. The van der Waals surface area contributed by atoms with E-state index in [4.69, 9.17) is 0 Å². The maximum Gasteiger partial charge on any atom is 0.0368 e. The molecule has 0 nitrogen and oxygen atoms in total. The summed E-state index contributed by atoms with van der Waals surface area (Å²) in [5.41, 5.74) is 10.4. The molecule has 1 aliphatic rings. The second kappa shape index (κ2) is 11.1. The van der Waals surface area contributed by atoms with Gasteiger partial charge in [0.2, 0.25) is 0 Å². The van der Waals surface area contributed by atoms with Crippen LogP contribution in [-0.4, -0.2) is 0 Å². The van der Waals surface area contributed by atoms with Crippen LogP contribution in [0.3, 0.4) is 0 Å². The van der Waals surface area contributed by atoms with Crippen molar-refractivity contribution in [3.63, 3.8) is 0 Å². The topological polar surface area (TPSA) is 0 Å². The second-order valence-corrected chi connectivity index (χ2v) is 15.8. The predicted octanol–water partition coefficient (Wildman–Crippen LogP) is 11.9. The van der Waals surface area contributed by atoms with Gasteiger partial charge in [0.15, 0.2) is 0 Å². The Morgan fingerprint density at radius 2 is 0.833 bits per heavy atom. The Balaban J connectivity index is 1.16. The third kappa shape index (κ3) is 4.40. The molecular formula is C46H29PS. The summed E-state index contributed by atoms with van der Waals surface area (Å²) in [6.07, 6.45) is 0. The Morgan fingerprint density at radius 3 is 1.46 bits per heavy atom. The van der Waals surface area contributed by atoms with E-state index in [2.05, 4.69) is 176 Å². The molecule has 1 aliphatic carbocycles. The normalized spacial score (nSPS) is 11.9. The molecule has 0 N–H and O–H groups in total. The Labute approximate surface area is 285 Å². The molecule has 10 rings (SSSR count). The molecule has 0 saturated heterocycles. The van der Waals surface area contributed by atoms with Crippen LogP contribution in [0.5, 0.6) is 0 Å². The summed E-state index contributed by atoms with van der Waals surface area (Å²) >= 11 is 1.92. The van der Waals surface area contributed by atoms with Crippen LogP contribution in [-0.2, 0) is 0 Å². The summed E-state index contributed by atoms with van der Waals surface area (Å²) in [6, 6.07) is 65.4. The Hall–Kier alpha value is -5.33. The highest BCUT2D eigenvalue weighted by atomic mass is 32.1. The molecule has 2 heteroatoms. The maximum atomic E-state index is 2.51. The Bertz CT molecular complexity index is 2550. The molecule has 0 radical (unpaired) electrons. The highest BCUT2D eigenvalue weighted by Crippen LogP contribution is 2.51. The average molecular weight is 645 g/mol. The van der Waals surface area contributed by atoms with Gasteiger partial charge in [-0.2, -0.15) is 0 Å². The molecule has 0 amide bonds. The van der Waals surface area contributed by atoms with Crippen LogP contribution in [0.4, 0.5) is 0 Å². The van der Waals surface area contributed by atoms with E-state index < -0.39 is 7.92 Å². The molecule has 0 unspecified atom stereocenters. The molecule has 0 saturated carbocycles. The summed E-state index contributed by atoms with van der Waals surface area (Å²) in [7, 11) is -0.795. The lowest BCUT2D eigenvalue weighted by molar-refractivity contribution is 1.63. The molecule has 0 fully saturated rings. The standard InChI is InChI=1S/C46H29PS/c1-3-10-30(11-4-1)32-18-22-34(23-19-32)47(35-24-20-33(21-25-35)31-12-5-2-6-13-31)36-26-27-43-42(28-36)46-40-17-9-16-39-37-14-7-8-15-38(37)41(45(39)40)29-44(46)48-43/h1-29H. The number of thiophene rings is 1. The van der Waals surface area contributed by atoms with Crippen molar-refractivity contribution >= 4 is 66.1 Å². The van der Waals surface area contributed by atoms with E-state index >= 15 is 0 Å². The van der Waals surface area contributed by atoms with Crippen LogP contribution in [0.2, 0.25) is 0 Å². The molecule has 9 aromatic rings. The predicted molar refractivity (Wildman–Crippen MR) is 211 cm³/mol. The van der Waals surface area contributed by atoms with Crippen molar-refractivity contribution in [2.45, 2.75) is 0 Å². The number of rotatable bonds is 5. The fourth-order valence-corrected chi connectivity index (χ4v) is 11.0. The van der Waals surface area contributed by atoms with Crippen LogP contribution < -0.4 is 15.9 Å². The lowest BCUT2D eigenvalue weighted by Crippen LogP contribution is -2.20. The van der Waals surface area contributed by atoms with Gasteiger partial charge in [-0.15, -0.1) is 11.3 Å². The monoisotopic (exact) mass is 644 g/mol. The Kier molecular flexibility index (Phi) is 6.44. The lowest BCUT2D eigenvalue weighted by atomic mass is 9.98. The fraction of sp³-hybridized carbons (Fsp3) is 0. The first-order valence-corrected chi connectivity index (χ1v) is 18.6. The van der Waals surface area contributed by atoms with Gasteiger partial charge in [0.1, 0.15) is 0 Å². The quantitative estimate of drug-likeness (QED) is 0.164. The molecule has 0 spiro atoms. The van der Waals surface area contributed by atoms with Crippen molar-refractivity contribution in [2.24, 2.45) is 0 Å². The van der Waals surface area contributed by atoms with Crippen molar-refractivity contribution in [1.29, 1.82) is 0 Å². The van der Waals surface area contributed by atoms with E-state index in [1.807, 2.05) is 11.3 Å². The average Bonchev–Trinajstić information content (AvgIpc) is 3.69. The van der Waals surface area contributed by atoms with E-state index in [9.17, 15) is 0 Å². The first-order valence-electron chi connectivity index (χ1n) is 16.4. The van der Waals surface area contributed by atoms with Gasteiger partial charge in [-0.05, 0) is 97.3 Å². The van der Waals surface area contributed by atoms with Crippen LogP contribution in [0.1, 0.15) is 0 Å². The van der Waals surface area contributed by atoms with E-state index in [1.165, 1.54) is 91.4 Å². The van der Waals surface area contributed by atoms with Gasteiger partial charge in [0, 0.05) is 20.2 Å². The largest absolute Gasteiger partial charge is 0.135 e. The SMILES string of the molecule is c1ccc(-c2ccc(P(c3ccc(-c4ccccc4)cc3)c3ccc4sc5cc6c7c(cccc7c5c4c3)-c3ccccc3-6)cc2)cc1. The van der Waals surface area contributed by atoms with Crippen LogP contribution in [0.15, 0.2) is 176 Å². The van der Waals surface area contributed by atoms with Crippen LogP contribution >= 0.6 is 19.3 Å². The van der Waals surface area contributed by atoms with Gasteiger partial charge >= 0.3 is 0 Å². The molecule has 224 valence electrons. The molecule has 1 aromatic heterocycles. The summed E-state index contributed by atoms with van der Waals surface area (Å²) in [5, 5.41) is 9.61. The van der Waals surface area contributed by atoms with E-state index in [0.717, 1.165) is 0 Å². The first kappa shape index (κ1) is 27.8. The van der Waals surface area contributed by atoms with Crippen molar-refractivity contribution in [2.75, 3.05) is 0 Å². The smallest absolute Gasteiger partial charge is 0.0368 e. The minimum Gasteiger partial charge on any atom is -0.135 e. The molecule has 0 atom stereocenters. The zero-order chi connectivity index (χ0) is 31.6. The van der Waals surface area contributed by atoms with Gasteiger partial charge in [0.25, 0.3) is 0 Å². The summed E-state index contributed by atoms with van der Waals surface area (Å²) in [6.45, 7) is 0. The third-order valence-electron chi connectivity index (χ3n) is 9.81. The van der Waals surface area contributed by atoms with Crippen LogP contribution in [0, 0.1) is 0 Å². The van der Waals surface area contributed by atoms with Crippen LogP contribution in [0.25, 0.3) is 75.5 Å². The molecule has 48 heavy (non-hydrogen) atoms. The summed E-state index contributed by atoms with van der Waals surface area (Å²) in [4.78, 5) is 0. The molecule has 1 heterocycles. The van der Waals surface area contributed by atoms with Crippen molar-refractivity contribution < 1.29 is 0 Å². The van der Waals surface area contributed by atoms with E-state index in [0.29, 0.717) is 0 Å². The summed E-state index contributed by atoms with van der Waals surface area (Å²) in [5.74, 6) is 0. The molecule has 0 bridgehead atoms. The zero-order valence-corrected chi connectivity index (χ0v) is 27.8. The third-order valence-corrected chi connectivity index (χ3v) is 13.3. The second-order valence-electron chi connectivity index (χ2n) is 12.5. The number of benzene rings is 8. The van der Waals surface area contributed by atoms with E-state index in [-0.39, 0.29) is 0 Å². The fourth-order valence-electron chi connectivity index (χ4n) is 7.58. The zero-order valence-electron chi connectivity index (χ0n) is 26.1. The van der Waals surface area contributed by atoms with Crippen molar-refractivity contribution in [3.8, 4) is 44.5 Å². The summed E-state index contributed by atoms with van der Waals surface area (Å²) < 4.78 is 2.71. The molecule has 8 aromatic carbocycles. The number of hydrogen-bond acceptors (Lipinski definition) is 1. The van der Waals surface area contributed by atoms with Gasteiger partial charge in [0.05, 0.1) is 0 Å². The number of fused-ring (bicyclic) bond motifs is 7. The number of hydrogen-bond donors (Lipinski definition) is 0. The minimum atomic E-state index is -0.795. The van der Waals surface area contributed by atoms with Gasteiger partial charge in [-0.1, -0.05) is 158 Å². The van der Waals surface area contributed by atoms with Gasteiger partial charge in [-0.25, -0.2) is 0 Å². The van der Waals surface area contributed by atoms with Gasteiger partial charge < -0.3 is 0 Å². The highest BCUT2D eigenvalue weighted by molar-refractivity contribution is 7.79.